The maximum atomic E-state index is 12.1. The Bertz CT molecular complexity index is 874. The maximum Gasteiger partial charge on any atom is 0.321 e. The number of rotatable bonds is 3. The molecule has 0 aliphatic carbocycles. The van der Waals surface area contributed by atoms with Crippen LogP contribution in [0.5, 0.6) is 0 Å². The number of hydrogen-bond donors (Lipinski definition) is 2. The Kier molecular flexibility index (Phi) is 3.73. The average Bonchev–Trinajstić information content (AvgIpc) is 3.27. The van der Waals surface area contributed by atoms with Crippen molar-refractivity contribution in [1.82, 2.24) is 30.1 Å². The second kappa shape index (κ2) is 6.04. The summed E-state index contributed by atoms with van der Waals surface area (Å²) in [7, 11) is 0. The van der Waals surface area contributed by atoms with Gasteiger partial charge in [0.1, 0.15) is 12.1 Å². The zero-order valence-electron chi connectivity index (χ0n) is 13.0. The molecule has 3 aromatic rings. The predicted molar refractivity (Wildman–Crippen MR) is 90.4 cm³/mol. The number of carbonyl (C=O) groups excluding carboxylic acids is 1. The first-order valence-electron chi connectivity index (χ1n) is 7.59. The highest BCUT2D eigenvalue weighted by atomic mass is 32.1. The van der Waals surface area contributed by atoms with Gasteiger partial charge in [0.05, 0.1) is 0 Å². The standard InChI is InChI=1S/C14H16N8OS/c1-9-6-15-14(24-9)18-13(23)17-10-4-5-21(7-10)12-3-2-11-19-16-8-22(11)20-12/h2-3,6,8,10H,4-5,7H2,1H3,(H2,15,17,18,23). The zero-order valence-corrected chi connectivity index (χ0v) is 13.8. The topological polar surface area (TPSA) is 100 Å². The highest BCUT2D eigenvalue weighted by molar-refractivity contribution is 7.15. The summed E-state index contributed by atoms with van der Waals surface area (Å²) in [5, 5.41) is 18.6. The number of nitrogens with one attached hydrogen (secondary N) is 2. The molecular weight excluding hydrogens is 328 g/mol. The molecule has 1 aliphatic rings. The number of nitrogens with zero attached hydrogens (tertiary/aromatic N) is 6. The van der Waals surface area contributed by atoms with E-state index in [9.17, 15) is 4.79 Å². The third-order valence-corrected chi connectivity index (χ3v) is 4.67. The van der Waals surface area contributed by atoms with Crippen LogP contribution in [-0.2, 0) is 0 Å². The van der Waals surface area contributed by atoms with Gasteiger partial charge < -0.3 is 10.2 Å². The van der Waals surface area contributed by atoms with Gasteiger partial charge in [0.2, 0.25) is 0 Å². The van der Waals surface area contributed by atoms with Crippen LogP contribution in [0.1, 0.15) is 11.3 Å². The fourth-order valence-corrected chi connectivity index (χ4v) is 3.36. The molecule has 1 unspecified atom stereocenters. The number of hydrogen-bond acceptors (Lipinski definition) is 7. The molecule has 2 amide bonds. The summed E-state index contributed by atoms with van der Waals surface area (Å²) in [6, 6.07) is 3.65. The number of aromatic nitrogens is 5. The number of aryl methyl sites for hydroxylation is 1. The van der Waals surface area contributed by atoms with Crippen molar-refractivity contribution in [3.05, 3.63) is 29.5 Å². The van der Waals surface area contributed by atoms with E-state index in [1.54, 1.807) is 17.0 Å². The van der Waals surface area contributed by atoms with E-state index < -0.39 is 0 Å². The SMILES string of the molecule is Cc1cnc(NC(=O)NC2CCN(c3ccc4nncn4n3)C2)s1. The summed E-state index contributed by atoms with van der Waals surface area (Å²) in [4.78, 5) is 19.4. The molecule has 1 aliphatic heterocycles. The molecule has 0 spiro atoms. The van der Waals surface area contributed by atoms with Gasteiger partial charge in [-0.2, -0.15) is 4.52 Å². The third kappa shape index (κ3) is 3.00. The zero-order chi connectivity index (χ0) is 16.5. The van der Waals surface area contributed by atoms with Gasteiger partial charge in [-0.3, -0.25) is 5.32 Å². The summed E-state index contributed by atoms with van der Waals surface area (Å²) < 4.78 is 1.65. The van der Waals surface area contributed by atoms with Crippen molar-refractivity contribution >= 4 is 34.0 Å². The van der Waals surface area contributed by atoms with E-state index in [0.29, 0.717) is 17.3 Å². The minimum atomic E-state index is -0.224. The van der Waals surface area contributed by atoms with Crippen LogP contribution in [0.4, 0.5) is 15.7 Å². The largest absolute Gasteiger partial charge is 0.353 e. The maximum absolute atomic E-state index is 12.1. The van der Waals surface area contributed by atoms with Crippen LogP contribution in [0.15, 0.2) is 24.7 Å². The summed E-state index contributed by atoms with van der Waals surface area (Å²) in [5.74, 6) is 0.850. The van der Waals surface area contributed by atoms with Crippen LogP contribution in [-0.4, -0.2) is 50.0 Å². The highest BCUT2D eigenvalue weighted by Gasteiger charge is 2.25. The van der Waals surface area contributed by atoms with E-state index in [2.05, 4.69) is 35.8 Å². The molecule has 1 saturated heterocycles. The Morgan fingerprint density at radius 1 is 1.42 bits per heavy atom. The smallest absolute Gasteiger partial charge is 0.321 e. The lowest BCUT2D eigenvalue weighted by Gasteiger charge is -2.17. The summed E-state index contributed by atoms with van der Waals surface area (Å²) >= 11 is 1.46. The van der Waals surface area contributed by atoms with Gasteiger partial charge in [-0.1, -0.05) is 0 Å². The Balaban J connectivity index is 1.36. The van der Waals surface area contributed by atoms with Crippen molar-refractivity contribution in [3.8, 4) is 0 Å². The fourth-order valence-electron chi connectivity index (χ4n) is 2.70. The van der Waals surface area contributed by atoms with Crippen LogP contribution in [0.2, 0.25) is 0 Å². The van der Waals surface area contributed by atoms with Crippen LogP contribution in [0.25, 0.3) is 5.65 Å². The Morgan fingerprint density at radius 3 is 3.17 bits per heavy atom. The van der Waals surface area contributed by atoms with Gasteiger partial charge in [-0.25, -0.2) is 9.78 Å². The molecule has 124 valence electrons. The number of carbonyl (C=O) groups is 1. The van der Waals surface area contributed by atoms with Crippen molar-refractivity contribution in [1.29, 1.82) is 0 Å². The van der Waals surface area contributed by atoms with Gasteiger partial charge >= 0.3 is 6.03 Å². The second-order valence-corrected chi connectivity index (χ2v) is 6.87. The molecule has 1 atom stereocenters. The summed E-state index contributed by atoms with van der Waals surface area (Å²) in [5.41, 5.74) is 0.714. The third-order valence-electron chi connectivity index (χ3n) is 3.84. The first kappa shape index (κ1) is 14.8. The molecule has 0 radical (unpaired) electrons. The Labute approximate surface area is 141 Å². The molecule has 0 bridgehead atoms. The van der Waals surface area contributed by atoms with Crippen LogP contribution >= 0.6 is 11.3 Å². The summed E-state index contributed by atoms with van der Waals surface area (Å²) in [6.07, 6.45) is 4.19. The normalized spacial score (nSPS) is 17.4. The quantitative estimate of drug-likeness (QED) is 0.742. The van der Waals surface area contributed by atoms with E-state index in [4.69, 9.17) is 0 Å². The van der Waals surface area contributed by atoms with Crippen molar-refractivity contribution in [2.45, 2.75) is 19.4 Å². The van der Waals surface area contributed by atoms with Gasteiger partial charge in [0.15, 0.2) is 10.8 Å². The van der Waals surface area contributed by atoms with E-state index in [1.165, 1.54) is 11.3 Å². The van der Waals surface area contributed by atoms with Crippen molar-refractivity contribution in [2.24, 2.45) is 0 Å². The molecule has 2 N–H and O–H groups in total. The van der Waals surface area contributed by atoms with Gasteiger partial charge in [-0.15, -0.1) is 26.6 Å². The Hall–Kier alpha value is -2.75. The predicted octanol–water partition coefficient (Wildman–Crippen LogP) is 1.29. The van der Waals surface area contributed by atoms with Crippen LogP contribution in [0, 0.1) is 6.92 Å². The molecule has 3 aromatic heterocycles. The first-order chi connectivity index (χ1) is 11.7. The summed E-state index contributed by atoms with van der Waals surface area (Å²) in [6.45, 7) is 3.50. The molecule has 10 heteroatoms. The minimum Gasteiger partial charge on any atom is -0.353 e. The van der Waals surface area contributed by atoms with Gasteiger partial charge in [0.25, 0.3) is 0 Å². The molecule has 24 heavy (non-hydrogen) atoms. The number of urea groups is 1. The van der Waals surface area contributed by atoms with E-state index in [1.807, 2.05) is 19.1 Å². The van der Waals surface area contributed by atoms with E-state index >= 15 is 0 Å². The lowest BCUT2D eigenvalue weighted by molar-refractivity contribution is 0.249. The first-order valence-corrected chi connectivity index (χ1v) is 8.41. The molecule has 4 heterocycles. The molecule has 0 aromatic carbocycles. The van der Waals surface area contributed by atoms with Gasteiger partial charge in [-0.05, 0) is 25.5 Å². The monoisotopic (exact) mass is 344 g/mol. The number of anilines is 2. The highest BCUT2D eigenvalue weighted by Crippen LogP contribution is 2.19. The van der Waals surface area contributed by atoms with E-state index in [-0.39, 0.29) is 12.1 Å². The van der Waals surface area contributed by atoms with Crippen molar-refractivity contribution in [3.63, 3.8) is 0 Å². The molecule has 4 rings (SSSR count). The van der Waals surface area contributed by atoms with Crippen LogP contribution < -0.4 is 15.5 Å². The lowest BCUT2D eigenvalue weighted by Crippen LogP contribution is -2.39. The lowest BCUT2D eigenvalue weighted by atomic mass is 10.3. The molecule has 0 saturated carbocycles. The second-order valence-electron chi connectivity index (χ2n) is 5.63. The fraction of sp³-hybridized carbons (Fsp3) is 0.357. The van der Waals surface area contributed by atoms with Crippen molar-refractivity contribution < 1.29 is 4.79 Å². The molecule has 9 nitrogen and oxygen atoms in total. The number of thiazole rings is 1. The van der Waals surface area contributed by atoms with Crippen LogP contribution in [0.3, 0.4) is 0 Å². The number of amides is 2. The van der Waals surface area contributed by atoms with E-state index in [0.717, 1.165) is 23.7 Å². The molecular formula is C14H16N8OS. The Morgan fingerprint density at radius 2 is 2.33 bits per heavy atom. The molecule has 1 fully saturated rings. The number of fused-ring (bicyclic) bond motifs is 1. The van der Waals surface area contributed by atoms with Gasteiger partial charge in [0, 0.05) is 30.2 Å². The van der Waals surface area contributed by atoms with Crippen molar-refractivity contribution in [2.75, 3.05) is 23.3 Å². The minimum absolute atomic E-state index is 0.0736. The average molecular weight is 344 g/mol.